The minimum atomic E-state index is -0.527. The molecule has 0 aliphatic carbocycles. The van der Waals surface area contributed by atoms with Crippen LogP contribution in [0, 0.1) is 5.82 Å². The van der Waals surface area contributed by atoms with Crippen LogP contribution in [0.2, 0.25) is 5.02 Å². The fraction of sp³-hybridized carbons (Fsp3) is 0.188. The number of hydrogen-bond donors (Lipinski definition) is 1. The zero-order valence-corrected chi connectivity index (χ0v) is 14.1. The van der Waals surface area contributed by atoms with Crippen molar-refractivity contribution >= 4 is 33.4 Å². The van der Waals surface area contributed by atoms with Crippen LogP contribution >= 0.6 is 27.5 Å². The van der Waals surface area contributed by atoms with Crippen LogP contribution in [0.5, 0.6) is 5.75 Å². The zero-order chi connectivity index (χ0) is 16.1. The predicted molar refractivity (Wildman–Crippen MR) is 87.6 cm³/mol. The van der Waals surface area contributed by atoms with E-state index in [1.165, 1.54) is 18.2 Å². The van der Waals surface area contributed by atoms with E-state index >= 15 is 0 Å². The predicted octanol–water partition coefficient (Wildman–Crippen LogP) is 4.50. The highest BCUT2D eigenvalue weighted by molar-refractivity contribution is 9.10. The molecule has 2 aromatic carbocycles. The third-order valence-corrected chi connectivity index (χ3v) is 4.02. The van der Waals surface area contributed by atoms with Gasteiger partial charge in [-0.2, -0.15) is 0 Å². The zero-order valence-electron chi connectivity index (χ0n) is 11.8. The minimum Gasteiger partial charge on any atom is -0.484 e. The maximum Gasteiger partial charge on any atom is 0.258 e. The molecule has 1 N–H and O–H groups in total. The molecule has 0 radical (unpaired) electrons. The summed E-state index contributed by atoms with van der Waals surface area (Å²) in [7, 11) is 0. The van der Waals surface area contributed by atoms with Crippen molar-refractivity contribution in [2.24, 2.45) is 0 Å². The maximum atomic E-state index is 13.0. The van der Waals surface area contributed by atoms with E-state index in [0.717, 1.165) is 10.0 Å². The molecule has 3 nitrogen and oxygen atoms in total. The highest BCUT2D eigenvalue weighted by atomic mass is 79.9. The first-order valence-electron chi connectivity index (χ1n) is 6.59. The van der Waals surface area contributed by atoms with Gasteiger partial charge in [-0.25, -0.2) is 4.39 Å². The molecule has 0 heterocycles. The highest BCUT2D eigenvalue weighted by Crippen LogP contribution is 2.23. The van der Waals surface area contributed by atoms with E-state index in [2.05, 4.69) is 21.2 Å². The summed E-state index contributed by atoms with van der Waals surface area (Å²) < 4.78 is 19.2. The second-order valence-electron chi connectivity index (χ2n) is 4.68. The quantitative estimate of drug-likeness (QED) is 0.822. The van der Waals surface area contributed by atoms with Crippen molar-refractivity contribution < 1.29 is 13.9 Å². The van der Waals surface area contributed by atoms with E-state index in [4.69, 9.17) is 16.3 Å². The number of benzene rings is 2. The summed E-state index contributed by atoms with van der Waals surface area (Å²) in [6.07, 6.45) is 0. The normalized spacial score (nSPS) is 11.8. The molecule has 0 bridgehead atoms. The lowest BCUT2D eigenvalue weighted by atomic mass is 10.1. The summed E-state index contributed by atoms with van der Waals surface area (Å²) in [6, 6.07) is 11.4. The van der Waals surface area contributed by atoms with Gasteiger partial charge in [-0.15, -0.1) is 0 Å². The van der Waals surface area contributed by atoms with E-state index in [1.807, 2.05) is 31.2 Å². The Hall–Kier alpha value is -1.59. The third-order valence-electron chi connectivity index (χ3n) is 3.01. The Morgan fingerprint density at radius 1 is 1.36 bits per heavy atom. The second-order valence-corrected chi connectivity index (χ2v) is 5.94. The number of rotatable bonds is 5. The highest BCUT2D eigenvalue weighted by Gasteiger charge is 2.12. The van der Waals surface area contributed by atoms with E-state index in [-0.39, 0.29) is 23.6 Å². The number of amides is 1. The molecule has 0 saturated carbocycles. The van der Waals surface area contributed by atoms with Crippen LogP contribution in [0.15, 0.2) is 46.9 Å². The summed E-state index contributed by atoms with van der Waals surface area (Å²) in [5, 5.41) is 2.79. The van der Waals surface area contributed by atoms with Gasteiger partial charge in [-0.3, -0.25) is 4.79 Å². The van der Waals surface area contributed by atoms with Gasteiger partial charge in [0.15, 0.2) is 6.61 Å². The van der Waals surface area contributed by atoms with Crippen molar-refractivity contribution in [3.63, 3.8) is 0 Å². The molecule has 0 saturated heterocycles. The van der Waals surface area contributed by atoms with Gasteiger partial charge in [-0.05, 0) is 30.7 Å². The molecule has 22 heavy (non-hydrogen) atoms. The van der Waals surface area contributed by atoms with Crippen molar-refractivity contribution in [2.75, 3.05) is 6.61 Å². The SMILES string of the molecule is C[C@@H](NC(=O)COc1ccc(F)c(Cl)c1)c1ccccc1Br. The average molecular weight is 387 g/mol. The molecule has 1 amide bonds. The van der Waals surface area contributed by atoms with Crippen molar-refractivity contribution in [3.8, 4) is 5.75 Å². The Morgan fingerprint density at radius 2 is 2.09 bits per heavy atom. The van der Waals surface area contributed by atoms with E-state index in [9.17, 15) is 9.18 Å². The van der Waals surface area contributed by atoms with Crippen LogP contribution in [0.25, 0.3) is 0 Å². The summed E-state index contributed by atoms with van der Waals surface area (Å²) in [6.45, 7) is 1.71. The van der Waals surface area contributed by atoms with Crippen molar-refractivity contribution in [1.29, 1.82) is 0 Å². The molecule has 2 rings (SSSR count). The van der Waals surface area contributed by atoms with Gasteiger partial charge in [0.05, 0.1) is 11.1 Å². The molecule has 2 aromatic rings. The Morgan fingerprint density at radius 3 is 2.77 bits per heavy atom. The third kappa shape index (κ3) is 4.45. The average Bonchev–Trinajstić information content (AvgIpc) is 2.49. The minimum absolute atomic E-state index is 0.0421. The van der Waals surface area contributed by atoms with Gasteiger partial charge < -0.3 is 10.1 Å². The first-order chi connectivity index (χ1) is 10.5. The number of hydrogen-bond acceptors (Lipinski definition) is 2. The van der Waals surface area contributed by atoms with Crippen LogP contribution in [-0.2, 0) is 4.79 Å². The lowest BCUT2D eigenvalue weighted by molar-refractivity contribution is -0.123. The van der Waals surface area contributed by atoms with Gasteiger partial charge >= 0.3 is 0 Å². The van der Waals surface area contributed by atoms with Crippen LogP contribution in [-0.4, -0.2) is 12.5 Å². The molecule has 0 aromatic heterocycles. The molecule has 1 atom stereocenters. The number of ether oxygens (including phenoxy) is 1. The number of carbonyl (C=O) groups excluding carboxylic acids is 1. The van der Waals surface area contributed by atoms with E-state index in [1.54, 1.807) is 0 Å². The Balaban J connectivity index is 1.90. The fourth-order valence-corrected chi connectivity index (χ4v) is 2.70. The van der Waals surface area contributed by atoms with E-state index < -0.39 is 5.82 Å². The molecule has 6 heteroatoms. The van der Waals surface area contributed by atoms with Crippen LogP contribution in [0.4, 0.5) is 4.39 Å². The topological polar surface area (TPSA) is 38.3 Å². The fourth-order valence-electron chi connectivity index (χ4n) is 1.90. The van der Waals surface area contributed by atoms with Gasteiger partial charge in [-0.1, -0.05) is 45.7 Å². The van der Waals surface area contributed by atoms with Crippen LogP contribution in [0.3, 0.4) is 0 Å². The number of nitrogens with one attached hydrogen (secondary N) is 1. The first-order valence-corrected chi connectivity index (χ1v) is 7.76. The Bertz CT molecular complexity index is 681. The molecular formula is C16H14BrClFNO2. The lowest BCUT2D eigenvalue weighted by Gasteiger charge is -2.16. The standard InChI is InChI=1S/C16H14BrClFNO2/c1-10(12-4-2-3-5-13(12)17)20-16(21)9-22-11-6-7-15(19)14(18)8-11/h2-8,10H,9H2,1H3,(H,20,21)/t10-/m1/s1. The molecule has 0 aliphatic heterocycles. The number of carbonyl (C=O) groups is 1. The monoisotopic (exact) mass is 385 g/mol. The number of halogens is 3. The summed E-state index contributed by atoms with van der Waals surface area (Å²) in [4.78, 5) is 11.9. The van der Waals surface area contributed by atoms with Crippen LogP contribution in [0.1, 0.15) is 18.5 Å². The van der Waals surface area contributed by atoms with Gasteiger partial charge in [0.25, 0.3) is 5.91 Å². The smallest absolute Gasteiger partial charge is 0.258 e. The molecule has 0 fully saturated rings. The first kappa shape index (κ1) is 16.8. The summed E-state index contributed by atoms with van der Waals surface area (Å²) in [5.41, 5.74) is 0.973. The summed E-state index contributed by atoms with van der Waals surface area (Å²) >= 11 is 9.09. The van der Waals surface area contributed by atoms with Crippen LogP contribution < -0.4 is 10.1 Å². The molecule has 116 valence electrons. The van der Waals surface area contributed by atoms with Crippen molar-refractivity contribution in [3.05, 3.63) is 63.3 Å². The maximum absolute atomic E-state index is 13.0. The molecule has 0 spiro atoms. The van der Waals surface area contributed by atoms with Gasteiger partial charge in [0, 0.05) is 10.5 Å². The van der Waals surface area contributed by atoms with Crippen molar-refractivity contribution in [1.82, 2.24) is 5.32 Å². The molecule has 0 aliphatic rings. The molecular weight excluding hydrogens is 373 g/mol. The van der Waals surface area contributed by atoms with Gasteiger partial charge in [0.2, 0.25) is 0 Å². The second kappa shape index (κ2) is 7.61. The largest absolute Gasteiger partial charge is 0.484 e. The van der Waals surface area contributed by atoms with E-state index in [0.29, 0.717) is 5.75 Å². The lowest BCUT2D eigenvalue weighted by Crippen LogP contribution is -2.31. The van der Waals surface area contributed by atoms with Gasteiger partial charge in [0.1, 0.15) is 11.6 Å². The Labute approximate surface area is 141 Å². The summed E-state index contributed by atoms with van der Waals surface area (Å²) in [5.74, 6) is -0.459. The van der Waals surface area contributed by atoms with Crippen molar-refractivity contribution in [2.45, 2.75) is 13.0 Å². The molecule has 0 unspecified atom stereocenters. The Kier molecular flexibility index (Phi) is 5.80.